The highest BCUT2D eigenvalue weighted by Crippen LogP contribution is 2.51. The highest BCUT2D eigenvalue weighted by atomic mass is 19.4. The molecular weight excluding hydrogens is 548 g/mol. The topological polar surface area (TPSA) is 172 Å². The summed E-state index contributed by atoms with van der Waals surface area (Å²) in [7, 11) is 5.64. The summed E-state index contributed by atoms with van der Waals surface area (Å²) < 4.78 is 74.7. The van der Waals surface area contributed by atoms with E-state index in [-0.39, 0.29) is 23.6 Å². The van der Waals surface area contributed by atoms with Gasteiger partial charge < -0.3 is 40.3 Å². The third-order valence-corrected chi connectivity index (χ3v) is 6.02. The maximum absolute atomic E-state index is 10.6. The molecule has 1 aliphatic carbocycles. The zero-order valence-corrected chi connectivity index (χ0v) is 21.3. The molecule has 2 fully saturated rings. The Balaban J connectivity index is 0.000000449. The molecule has 224 valence electrons. The molecule has 1 aromatic heterocycles. The summed E-state index contributed by atoms with van der Waals surface area (Å²) in [5.41, 5.74) is 5.64. The number of nitrogen functional groups attached to an aromatic ring is 1. The summed E-state index contributed by atoms with van der Waals surface area (Å²) in [5, 5.41) is 24.7. The van der Waals surface area contributed by atoms with E-state index in [1.54, 1.807) is 13.2 Å². The van der Waals surface area contributed by atoms with Gasteiger partial charge in [-0.2, -0.15) is 36.3 Å². The molecule has 12 nitrogen and oxygen atoms in total. The predicted octanol–water partition coefficient (Wildman–Crippen LogP) is 1.63. The lowest BCUT2D eigenvalue weighted by atomic mass is 9.58. The average Bonchev–Trinajstić information content (AvgIpc) is 2.82. The number of aromatic nitrogens is 2. The maximum atomic E-state index is 10.6. The first-order valence-electron chi connectivity index (χ1n) is 11.3. The number of alkyl halides is 6. The fraction of sp³-hybridized carbons (Fsp3) is 0.714. The number of hydrogen-bond acceptors (Lipinski definition) is 10. The van der Waals surface area contributed by atoms with Gasteiger partial charge in [0, 0.05) is 37.5 Å². The second kappa shape index (κ2) is 13.8. The fourth-order valence-corrected chi connectivity index (χ4v) is 3.84. The standard InChI is InChI=1S/C17H29N5O3.2C2HF3O2/c1-21(2)8-9-25-13-10-12(23)17(13)4-6-22(7-5-17)14-11-15(24-3)20-16(18)19-14;2*3-2(4,5)1(6)7/h11-13,23H,4-10H2,1-3H3,(H2,18,19,20);2*(H,6,7)/t12-,13+;;/m1../s1. The second-order valence-electron chi connectivity index (χ2n) is 8.87. The van der Waals surface area contributed by atoms with Crippen molar-refractivity contribution in [3.8, 4) is 5.88 Å². The molecule has 1 spiro atoms. The van der Waals surface area contributed by atoms with Crippen LogP contribution >= 0.6 is 0 Å². The van der Waals surface area contributed by atoms with E-state index in [1.807, 2.05) is 14.1 Å². The minimum atomic E-state index is -5.08. The normalized spacial score (nSPS) is 20.2. The Morgan fingerprint density at radius 3 is 1.97 bits per heavy atom. The van der Waals surface area contributed by atoms with E-state index in [2.05, 4.69) is 19.8 Å². The molecule has 0 bridgehead atoms. The number of piperidine rings is 1. The highest BCUT2D eigenvalue weighted by Gasteiger charge is 2.56. The number of aliphatic hydroxyl groups is 1. The van der Waals surface area contributed by atoms with Crippen molar-refractivity contribution in [1.82, 2.24) is 14.9 Å². The minimum absolute atomic E-state index is 0.120. The molecular formula is C21H31F6N5O7. The van der Waals surface area contributed by atoms with Gasteiger partial charge in [-0.05, 0) is 26.9 Å². The molecule has 2 atom stereocenters. The summed E-state index contributed by atoms with van der Waals surface area (Å²) in [6, 6.07) is 1.80. The highest BCUT2D eigenvalue weighted by molar-refractivity contribution is 5.73. The zero-order chi connectivity index (χ0) is 30.2. The number of methoxy groups -OCH3 is 1. The number of hydrogen-bond donors (Lipinski definition) is 4. The molecule has 1 aliphatic heterocycles. The molecule has 2 heterocycles. The van der Waals surface area contributed by atoms with Crippen LogP contribution < -0.4 is 15.4 Å². The van der Waals surface area contributed by atoms with E-state index >= 15 is 0 Å². The number of nitrogens with zero attached hydrogens (tertiary/aromatic N) is 4. The van der Waals surface area contributed by atoms with Crippen LogP contribution in [-0.2, 0) is 14.3 Å². The third kappa shape index (κ3) is 10.2. The first-order chi connectivity index (χ1) is 17.8. The monoisotopic (exact) mass is 579 g/mol. The molecule has 2 aliphatic rings. The Kier molecular flexibility index (Phi) is 12.0. The molecule has 1 saturated heterocycles. The molecule has 3 rings (SSSR count). The molecule has 18 heteroatoms. The molecule has 0 unspecified atom stereocenters. The summed E-state index contributed by atoms with van der Waals surface area (Å²) in [5.74, 6) is -4.06. The van der Waals surface area contributed by atoms with E-state index in [0.717, 1.165) is 44.7 Å². The Bertz CT molecular complexity index is 932. The van der Waals surface area contributed by atoms with Gasteiger partial charge in [0.25, 0.3) is 0 Å². The molecule has 39 heavy (non-hydrogen) atoms. The van der Waals surface area contributed by atoms with Crippen molar-refractivity contribution in [2.75, 3.05) is 58.1 Å². The molecule has 0 amide bonds. The van der Waals surface area contributed by atoms with Gasteiger partial charge in [-0.1, -0.05) is 0 Å². The van der Waals surface area contributed by atoms with Crippen LogP contribution in [0.3, 0.4) is 0 Å². The third-order valence-electron chi connectivity index (χ3n) is 6.02. The largest absolute Gasteiger partial charge is 0.490 e. The van der Waals surface area contributed by atoms with Gasteiger partial charge in [-0.15, -0.1) is 0 Å². The van der Waals surface area contributed by atoms with Crippen LogP contribution in [0.2, 0.25) is 0 Å². The van der Waals surface area contributed by atoms with Crippen LogP contribution in [0.1, 0.15) is 19.3 Å². The number of carbonyl (C=O) groups is 2. The van der Waals surface area contributed by atoms with E-state index < -0.39 is 24.3 Å². The van der Waals surface area contributed by atoms with Gasteiger partial charge in [-0.25, -0.2) is 9.59 Å². The summed E-state index contributed by atoms with van der Waals surface area (Å²) >= 11 is 0. The van der Waals surface area contributed by atoms with Crippen molar-refractivity contribution in [1.29, 1.82) is 0 Å². The number of nitrogens with two attached hydrogens (primary N) is 1. The van der Waals surface area contributed by atoms with Crippen LogP contribution in [0.5, 0.6) is 5.88 Å². The van der Waals surface area contributed by atoms with Crippen LogP contribution in [0, 0.1) is 5.41 Å². The van der Waals surface area contributed by atoms with Gasteiger partial charge in [0.05, 0.1) is 25.9 Å². The lowest BCUT2D eigenvalue weighted by Gasteiger charge is -2.56. The van der Waals surface area contributed by atoms with Crippen LogP contribution in [0.15, 0.2) is 6.07 Å². The predicted molar refractivity (Wildman–Crippen MR) is 123 cm³/mol. The SMILES string of the molecule is COc1cc(N2CCC3(CC2)[C@H](O)C[C@@H]3OCCN(C)C)nc(N)n1.O=C(O)C(F)(F)F.O=C(O)C(F)(F)F. The number of carboxylic acid groups (broad SMARTS) is 2. The van der Waals surface area contributed by atoms with E-state index in [1.165, 1.54) is 0 Å². The molecule has 1 aromatic rings. The lowest BCUT2D eigenvalue weighted by Crippen LogP contribution is -2.62. The Hall–Kier alpha value is -3.12. The van der Waals surface area contributed by atoms with Crippen molar-refractivity contribution in [3.63, 3.8) is 0 Å². The summed E-state index contributed by atoms with van der Waals surface area (Å²) in [6.07, 6.45) is -7.79. The molecule has 0 aromatic carbocycles. The van der Waals surface area contributed by atoms with Gasteiger partial charge in [0.1, 0.15) is 5.82 Å². The molecule has 0 radical (unpaired) electrons. The summed E-state index contributed by atoms with van der Waals surface area (Å²) in [6.45, 7) is 3.22. The number of aliphatic carboxylic acids is 2. The van der Waals surface area contributed by atoms with Gasteiger partial charge in [0.15, 0.2) is 0 Å². The first-order valence-corrected chi connectivity index (χ1v) is 11.3. The number of halogens is 6. The zero-order valence-electron chi connectivity index (χ0n) is 21.3. The van der Waals surface area contributed by atoms with Crippen LogP contribution in [-0.4, -0.2) is 114 Å². The smallest absolute Gasteiger partial charge is 0.481 e. The molecule has 1 saturated carbocycles. The van der Waals surface area contributed by atoms with Gasteiger partial charge >= 0.3 is 24.3 Å². The average molecular weight is 579 g/mol. The van der Waals surface area contributed by atoms with Crippen molar-refractivity contribution < 1.29 is 60.7 Å². The minimum Gasteiger partial charge on any atom is -0.481 e. The number of aliphatic hydroxyl groups excluding tert-OH is 1. The van der Waals surface area contributed by atoms with E-state index in [9.17, 15) is 31.4 Å². The second-order valence-corrected chi connectivity index (χ2v) is 8.87. The van der Waals surface area contributed by atoms with Crippen molar-refractivity contribution in [3.05, 3.63) is 6.07 Å². The van der Waals surface area contributed by atoms with Crippen molar-refractivity contribution in [2.24, 2.45) is 5.41 Å². The maximum Gasteiger partial charge on any atom is 0.490 e. The van der Waals surface area contributed by atoms with Crippen molar-refractivity contribution >= 4 is 23.7 Å². The Morgan fingerprint density at radius 2 is 1.59 bits per heavy atom. The fourth-order valence-electron chi connectivity index (χ4n) is 3.84. The van der Waals surface area contributed by atoms with Crippen molar-refractivity contribution in [2.45, 2.75) is 43.8 Å². The van der Waals surface area contributed by atoms with E-state index in [0.29, 0.717) is 12.5 Å². The van der Waals surface area contributed by atoms with Gasteiger partial charge in [0.2, 0.25) is 11.8 Å². The molecule has 5 N–H and O–H groups in total. The number of carboxylic acids is 2. The van der Waals surface area contributed by atoms with Crippen LogP contribution in [0.4, 0.5) is 38.1 Å². The lowest BCUT2D eigenvalue weighted by molar-refractivity contribution is -0.202. The number of ether oxygens (including phenoxy) is 2. The number of likely N-dealkylation sites (N-methyl/N-ethyl adjacent to an activating group) is 1. The summed E-state index contributed by atoms with van der Waals surface area (Å²) in [4.78, 5) is 30.4. The Morgan fingerprint density at radius 1 is 1.10 bits per heavy atom. The number of anilines is 2. The van der Waals surface area contributed by atoms with Gasteiger partial charge in [-0.3, -0.25) is 0 Å². The first kappa shape index (κ1) is 33.9. The van der Waals surface area contributed by atoms with E-state index in [4.69, 9.17) is 35.0 Å². The van der Waals surface area contributed by atoms with Crippen LogP contribution in [0.25, 0.3) is 0 Å². The quantitative estimate of drug-likeness (QED) is 0.360. The number of rotatable bonds is 6. The Labute approximate surface area is 219 Å².